The Bertz CT molecular complexity index is 502. The Hall–Kier alpha value is -1.96. The standard InChI is InChI=1S/C13H20N4O4/c1-9-15-16-13(21-9)14-11(18)8-17-6-2-3-10(7-17)4-5-12(19)20/h10H,2-8H2,1H3,(H,19,20)(H,14,16,18). The predicted octanol–water partition coefficient (Wildman–Crippen LogP) is 0.893. The summed E-state index contributed by atoms with van der Waals surface area (Å²) in [6.45, 7) is 3.51. The largest absolute Gasteiger partial charge is 0.481 e. The third-order valence-corrected chi connectivity index (χ3v) is 3.51. The molecule has 116 valence electrons. The summed E-state index contributed by atoms with van der Waals surface area (Å²) >= 11 is 0. The number of amides is 1. The monoisotopic (exact) mass is 296 g/mol. The molecule has 1 atom stereocenters. The SMILES string of the molecule is Cc1nnc(NC(=O)CN2CCCC(CCC(=O)O)C2)o1. The van der Waals surface area contributed by atoms with E-state index in [2.05, 4.69) is 15.5 Å². The van der Waals surface area contributed by atoms with E-state index in [9.17, 15) is 9.59 Å². The maximum atomic E-state index is 11.9. The van der Waals surface area contributed by atoms with Crippen LogP contribution in [0.25, 0.3) is 0 Å². The van der Waals surface area contributed by atoms with Gasteiger partial charge in [0.25, 0.3) is 0 Å². The highest BCUT2D eigenvalue weighted by Gasteiger charge is 2.22. The molecule has 1 fully saturated rings. The zero-order valence-electron chi connectivity index (χ0n) is 12.0. The lowest BCUT2D eigenvalue weighted by Crippen LogP contribution is -2.40. The van der Waals surface area contributed by atoms with Crippen LogP contribution in [0.3, 0.4) is 0 Å². The molecule has 1 aromatic rings. The number of likely N-dealkylation sites (tertiary alicyclic amines) is 1. The number of hydrogen-bond donors (Lipinski definition) is 2. The smallest absolute Gasteiger partial charge is 0.322 e. The summed E-state index contributed by atoms with van der Waals surface area (Å²) in [4.78, 5) is 24.5. The summed E-state index contributed by atoms with van der Waals surface area (Å²) in [6, 6.07) is 0.108. The summed E-state index contributed by atoms with van der Waals surface area (Å²) in [5.41, 5.74) is 0. The van der Waals surface area contributed by atoms with E-state index in [0.717, 1.165) is 25.9 Å². The minimum absolute atomic E-state index is 0.108. The molecule has 0 radical (unpaired) electrons. The van der Waals surface area contributed by atoms with Gasteiger partial charge in [0.05, 0.1) is 6.54 Å². The Labute approximate surface area is 122 Å². The molecule has 8 nitrogen and oxygen atoms in total. The number of nitrogens with one attached hydrogen (secondary N) is 1. The van der Waals surface area contributed by atoms with Crippen LogP contribution >= 0.6 is 0 Å². The number of piperidine rings is 1. The van der Waals surface area contributed by atoms with Crippen LogP contribution in [-0.4, -0.2) is 51.7 Å². The van der Waals surface area contributed by atoms with Gasteiger partial charge in [0, 0.05) is 19.9 Å². The van der Waals surface area contributed by atoms with Crippen LogP contribution < -0.4 is 5.32 Å². The van der Waals surface area contributed by atoms with Crippen molar-refractivity contribution in [3.63, 3.8) is 0 Å². The normalized spacial score (nSPS) is 19.4. The fourth-order valence-corrected chi connectivity index (χ4v) is 2.57. The number of carbonyl (C=O) groups excluding carboxylic acids is 1. The molecule has 1 aromatic heterocycles. The van der Waals surface area contributed by atoms with Gasteiger partial charge in [-0.05, 0) is 31.7 Å². The number of aromatic nitrogens is 2. The van der Waals surface area contributed by atoms with E-state index >= 15 is 0 Å². The lowest BCUT2D eigenvalue weighted by atomic mass is 9.93. The van der Waals surface area contributed by atoms with Crippen molar-refractivity contribution in [3.8, 4) is 0 Å². The van der Waals surface area contributed by atoms with Gasteiger partial charge in [0.15, 0.2) is 0 Å². The summed E-state index contributed by atoms with van der Waals surface area (Å²) < 4.78 is 5.09. The molecule has 0 aromatic carbocycles. The maximum Gasteiger partial charge on any atom is 0.322 e. The Kier molecular flexibility index (Phi) is 5.26. The van der Waals surface area contributed by atoms with Crippen LogP contribution in [0.5, 0.6) is 0 Å². The molecule has 1 aliphatic heterocycles. The van der Waals surface area contributed by atoms with Crippen molar-refractivity contribution in [1.29, 1.82) is 0 Å². The first-order valence-corrected chi connectivity index (χ1v) is 7.07. The van der Waals surface area contributed by atoms with Crippen LogP contribution in [-0.2, 0) is 9.59 Å². The lowest BCUT2D eigenvalue weighted by Gasteiger charge is -2.31. The van der Waals surface area contributed by atoms with Crippen molar-refractivity contribution in [1.82, 2.24) is 15.1 Å². The Morgan fingerprint density at radius 1 is 1.48 bits per heavy atom. The fourth-order valence-electron chi connectivity index (χ4n) is 2.57. The van der Waals surface area contributed by atoms with Gasteiger partial charge in [-0.1, -0.05) is 5.10 Å². The van der Waals surface area contributed by atoms with Crippen molar-refractivity contribution in [2.45, 2.75) is 32.6 Å². The molecular formula is C13H20N4O4. The minimum Gasteiger partial charge on any atom is -0.481 e. The highest BCUT2D eigenvalue weighted by Crippen LogP contribution is 2.20. The molecule has 2 N–H and O–H groups in total. The Morgan fingerprint density at radius 2 is 2.29 bits per heavy atom. The van der Waals surface area contributed by atoms with Crippen molar-refractivity contribution in [3.05, 3.63) is 5.89 Å². The van der Waals surface area contributed by atoms with Crippen molar-refractivity contribution >= 4 is 17.9 Å². The average Bonchev–Trinajstić information content (AvgIpc) is 2.82. The van der Waals surface area contributed by atoms with Crippen LogP contribution in [0.1, 0.15) is 31.6 Å². The topological polar surface area (TPSA) is 109 Å². The van der Waals surface area contributed by atoms with Gasteiger partial charge < -0.3 is 9.52 Å². The maximum absolute atomic E-state index is 11.9. The zero-order valence-corrected chi connectivity index (χ0v) is 12.0. The second-order valence-electron chi connectivity index (χ2n) is 5.35. The molecule has 0 bridgehead atoms. The number of nitrogens with zero attached hydrogens (tertiary/aromatic N) is 3. The van der Waals surface area contributed by atoms with Gasteiger partial charge in [0.2, 0.25) is 11.8 Å². The van der Waals surface area contributed by atoms with Crippen LogP contribution in [0.4, 0.5) is 6.01 Å². The van der Waals surface area contributed by atoms with Crippen LogP contribution in [0, 0.1) is 12.8 Å². The van der Waals surface area contributed by atoms with Crippen molar-refractivity contribution < 1.29 is 19.1 Å². The Morgan fingerprint density at radius 3 is 2.95 bits per heavy atom. The number of hydrogen-bond acceptors (Lipinski definition) is 6. The Balaban J connectivity index is 1.76. The summed E-state index contributed by atoms with van der Waals surface area (Å²) in [5, 5.41) is 18.6. The second kappa shape index (κ2) is 7.16. The molecular weight excluding hydrogens is 276 g/mol. The molecule has 0 spiro atoms. The minimum atomic E-state index is -0.767. The second-order valence-corrected chi connectivity index (χ2v) is 5.35. The number of carbonyl (C=O) groups is 2. The quantitative estimate of drug-likeness (QED) is 0.802. The third-order valence-electron chi connectivity index (χ3n) is 3.51. The van der Waals surface area contributed by atoms with E-state index in [0.29, 0.717) is 18.2 Å². The lowest BCUT2D eigenvalue weighted by molar-refractivity contribution is -0.137. The molecule has 0 saturated carbocycles. The molecule has 2 rings (SSSR count). The number of carboxylic acid groups (broad SMARTS) is 1. The van der Waals surface area contributed by atoms with Gasteiger partial charge in [0.1, 0.15) is 0 Å². The fraction of sp³-hybridized carbons (Fsp3) is 0.692. The number of carboxylic acids is 1. The zero-order chi connectivity index (χ0) is 15.2. The number of aliphatic carboxylic acids is 1. The van der Waals surface area contributed by atoms with E-state index in [1.54, 1.807) is 6.92 Å². The summed E-state index contributed by atoms with van der Waals surface area (Å²) in [7, 11) is 0. The average molecular weight is 296 g/mol. The summed E-state index contributed by atoms with van der Waals surface area (Å²) in [5.74, 6) is -0.223. The molecule has 0 aliphatic carbocycles. The van der Waals surface area contributed by atoms with Gasteiger partial charge in [-0.15, -0.1) is 5.10 Å². The van der Waals surface area contributed by atoms with E-state index in [1.807, 2.05) is 4.90 Å². The van der Waals surface area contributed by atoms with E-state index in [-0.39, 0.29) is 24.9 Å². The molecule has 1 unspecified atom stereocenters. The number of anilines is 1. The van der Waals surface area contributed by atoms with Gasteiger partial charge in [-0.3, -0.25) is 19.8 Å². The highest BCUT2D eigenvalue weighted by molar-refractivity contribution is 5.90. The first-order chi connectivity index (χ1) is 10.0. The van der Waals surface area contributed by atoms with E-state index in [4.69, 9.17) is 9.52 Å². The van der Waals surface area contributed by atoms with Crippen LogP contribution in [0.2, 0.25) is 0 Å². The molecule has 1 aliphatic rings. The third kappa shape index (κ3) is 5.14. The highest BCUT2D eigenvalue weighted by atomic mass is 16.4. The molecule has 2 heterocycles. The predicted molar refractivity (Wildman–Crippen MR) is 73.7 cm³/mol. The van der Waals surface area contributed by atoms with E-state index in [1.165, 1.54) is 0 Å². The number of aryl methyl sites for hydroxylation is 1. The van der Waals surface area contributed by atoms with Gasteiger partial charge >= 0.3 is 12.0 Å². The van der Waals surface area contributed by atoms with Gasteiger partial charge in [-0.25, -0.2) is 0 Å². The van der Waals surface area contributed by atoms with Gasteiger partial charge in [-0.2, -0.15) is 0 Å². The van der Waals surface area contributed by atoms with Crippen molar-refractivity contribution in [2.24, 2.45) is 5.92 Å². The van der Waals surface area contributed by atoms with Crippen molar-refractivity contribution in [2.75, 3.05) is 25.0 Å². The molecule has 1 amide bonds. The molecule has 1 saturated heterocycles. The first kappa shape index (κ1) is 15.4. The molecule has 21 heavy (non-hydrogen) atoms. The van der Waals surface area contributed by atoms with Crippen LogP contribution in [0.15, 0.2) is 4.42 Å². The number of rotatable bonds is 6. The summed E-state index contributed by atoms with van der Waals surface area (Å²) in [6.07, 6.45) is 2.85. The molecule has 8 heteroatoms. The van der Waals surface area contributed by atoms with E-state index < -0.39 is 5.97 Å². The first-order valence-electron chi connectivity index (χ1n) is 7.07.